The van der Waals surface area contributed by atoms with Crippen molar-refractivity contribution in [2.75, 3.05) is 9.96 Å². The van der Waals surface area contributed by atoms with Crippen LogP contribution < -0.4 is 9.96 Å². The first kappa shape index (κ1) is 13.9. The van der Waals surface area contributed by atoms with E-state index >= 15 is 0 Å². The Balaban J connectivity index is 2.03. The Bertz CT molecular complexity index is 692. The van der Waals surface area contributed by atoms with Crippen LogP contribution in [0.25, 0.3) is 0 Å². The molecule has 1 heterocycles. The van der Waals surface area contributed by atoms with Gasteiger partial charge in [0.25, 0.3) is 5.91 Å². The molecule has 1 aliphatic heterocycles. The van der Waals surface area contributed by atoms with E-state index in [9.17, 15) is 15.1 Å². The second-order valence-electron chi connectivity index (χ2n) is 4.72. The van der Waals surface area contributed by atoms with Gasteiger partial charge in [0.2, 0.25) is 6.23 Å². The molecule has 2 aromatic rings. The second-order valence-corrected chi connectivity index (χ2v) is 5.13. The molecule has 3 rings (SSSR count). The number of nitrogens with zero attached hydrogens (tertiary/aromatic N) is 2. The van der Waals surface area contributed by atoms with Crippen molar-refractivity contribution in [3.63, 3.8) is 0 Å². The Morgan fingerprint density at radius 3 is 2.38 bits per heavy atom. The Labute approximate surface area is 126 Å². The molecule has 0 fully saturated rings. The minimum atomic E-state index is -1.62. The zero-order valence-corrected chi connectivity index (χ0v) is 11.7. The lowest BCUT2D eigenvalue weighted by molar-refractivity contribution is -0.130. The maximum absolute atomic E-state index is 12.2. The van der Waals surface area contributed by atoms with E-state index in [4.69, 9.17) is 11.6 Å². The van der Waals surface area contributed by atoms with Crippen LogP contribution in [0.15, 0.2) is 48.5 Å². The second kappa shape index (κ2) is 5.37. The van der Waals surface area contributed by atoms with Crippen LogP contribution in [0.2, 0.25) is 5.02 Å². The van der Waals surface area contributed by atoms with E-state index in [1.54, 1.807) is 30.3 Å². The summed E-state index contributed by atoms with van der Waals surface area (Å²) < 4.78 is 0. The number of anilines is 2. The maximum atomic E-state index is 12.2. The minimum Gasteiger partial charge on any atom is -0.364 e. The van der Waals surface area contributed by atoms with Crippen molar-refractivity contribution in [1.82, 2.24) is 0 Å². The average molecular weight is 305 g/mol. The molecule has 1 amide bonds. The van der Waals surface area contributed by atoms with Crippen molar-refractivity contribution >= 4 is 28.9 Å². The quantitative estimate of drug-likeness (QED) is 0.894. The number of carbonyl (C=O) groups excluding carboxylic acids is 1. The Hall–Kier alpha value is -2.08. The van der Waals surface area contributed by atoms with Gasteiger partial charge in [-0.2, -0.15) is 0 Å². The van der Waals surface area contributed by atoms with Crippen LogP contribution in [0.3, 0.4) is 0 Å². The molecule has 6 heteroatoms. The van der Waals surface area contributed by atoms with Crippen molar-refractivity contribution in [2.24, 2.45) is 0 Å². The van der Waals surface area contributed by atoms with Crippen molar-refractivity contribution in [3.05, 3.63) is 59.1 Å². The molecule has 21 heavy (non-hydrogen) atoms. The summed E-state index contributed by atoms with van der Waals surface area (Å²) >= 11 is 6.12. The lowest BCUT2D eigenvalue weighted by Crippen LogP contribution is -2.52. The van der Waals surface area contributed by atoms with Crippen molar-refractivity contribution in [3.8, 4) is 0 Å². The van der Waals surface area contributed by atoms with Crippen LogP contribution in [0, 0.1) is 0 Å². The van der Waals surface area contributed by atoms with E-state index in [1.807, 2.05) is 18.2 Å². The number of hydrogen-bond donors (Lipinski definition) is 2. The lowest BCUT2D eigenvalue weighted by atomic mass is 10.1. The highest BCUT2D eigenvalue weighted by Crippen LogP contribution is 2.35. The summed E-state index contributed by atoms with van der Waals surface area (Å²) in [5.41, 5.74) is 1.66. The van der Waals surface area contributed by atoms with E-state index in [2.05, 4.69) is 0 Å². The number of aliphatic hydroxyl groups excluding tert-OH is 1. The first-order valence-corrected chi connectivity index (χ1v) is 6.77. The van der Waals surface area contributed by atoms with Gasteiger partial charge in [0.15, 0.2) is 0 Å². The molecule has 2 aromatic carbocycles. The van der Waals surface area contributed by atoms with Crippen molar-refractivity contribution in [1.29, 1.82) is 0 Å². The molecule has 0 aromatic heterocycles. The highest BCUT2D eigenvalue weighted by atomic mass is 35.5. The number of amides is 1. The summed E-state index contributed by atoms with van der Waals surface area (Å²) in [5.74, 6) is -0.601. The number of hydroxylamine groups is 1. The summed E-state index contributed by atoms with van der Waals surface area (Å²) in [6.45, 7) is 0.223. The SMILES string of the molecule is O=C1C(O)N(O)c2ccccc2N1Cc1ccccc1Cl. The van der Waals surface area contributed by atoms with Crippen LogP contribution in [-0.2, 0) is 11.3 Å². The predicted octanol–water partition coefficient (Wildman–Crippen LogP) is 2.40. The number of hydrogen-bond acceptors (Lipinski definition) is 4. The summed E-state index contributed by atoms with van der Waals surface area (Å²) in [6.07, 6.45) is -1.62. The monoisotopic (exact) mass is 304 g/mol. The van der Waals surface area contributed by atoms with E-state index < -0.39 is 12.1 Å². The molecule has 0 radical (unpaired) electrons. The number of rotatable bonds is 2. The highest BCUT2D eigenvalue weighted by Gasteiger charge is 2.36. The number of aliphatic hydroxyl groups is 1. The van der Waals surface area contributed by atoms with Gasteiger partial charge in [0.1, 0.15) is 0 Å². The molecule has 1 aliphatic rings. The number of fused-ring (bicyclic) bond motifs is 1. The third-order valence-electron chi connectivity index (χ3n) is 3.42. The number of carbonyl (C=O) groups is 1. The molecule has 5 nitrogen and oxygen atoms in total. The van der Waals surface area contributed by atoms with E-state index in [1.165, 1.54) is 4.90 Å². The smallest absolute Gasteiger partial charge is 0.279 e. The van der Waals surface area contributed by atoms with Crippen LogP contribution in [0.1, 0.15) is 5.56 Å². The standard InChI is InChI=1S/C15H13ClN2O3/c16-11-6-2-1-5-10(11)9-17-12-7-3-4-8-13(12)18(21)15(20)14(17)19/h1-8,15,20-21H,9H2. The molecule has 1 atom stereocenters. The van der Waals surface area contributed by atoms with Gasteiger partial charge in [0.05, 0.1) is 17.9 Å². The third-order valence-corrected chi connectivity index (χ3v) is 3.79. The summed E-state index contributed by atoms with van der Waals surface area (Å²) in [5, 5.41) is 20.8. The lowest BCUT2D eigenvalue weighted by Gasteiger charge is -2.37. The van der Waals surface area contributed by atoms with E-state index in [0.717, 1.165) is 5.56 Å². The van der Waals surface area contributed by atoms with Gasteiger partial charge in [-0.25, -0.2) is 5.06 Å². The van der Waals surface area contributed by atoms with Gasteiger partial charge in [0, 0.05) is 5.02 Å². The van der Waals surface area contributed by atoms with Gasteiger partial charge in [-0.15, -0.1) is 0 Å². The number of halogens is 1. The average Bonchev–Trinajstić information content (AvgIpc) is 2.51. The fourth-order valence-corrected chi connectivity index (χ4v) is 2.54. The molecule has 0 saturated heterocycles. The largest absolute Gasteiger partial charge is 0.364 e. The molecule has 2 N–H and O–H groups in total. The first-order valence-electron chi connectivity index (χ1n) is 6.39. The molecule has 0 spiro atoms. The zero-order valence-electron chi connectivity index (χ0n) is 11.0. The van der Waals surface area contributed by atoms with Crippen LogP contribution >= 0.6 is 11.6 Å². The van der Waals surface area contributed by atoms with Gasteiger partial charge in [-0.1, -0.05) is 41.9 Å². The topological polar surface area (TPSA) is 64.0 Å². The molecule has 1 unspecified atom stereocenters. The highest BCUT2D eigenvalue weighted by molar-refractivity contribution is 6.31. The van der Waals surface area contributed by atoms with Gasteiger partial charge in [-0.05, 0) is 23.8 Å². The maximum Gasteiger partial charge on any atom is 0.279 e. The fraction of sp³-hybridized carbons (Fsp3) is 0.133. The van der Waals surface area contributed by atoms with Crippen LogP contribution in [0.5, 0.6) is 0 Å². The minimum absolute atomic E-state index is 0.223. The number of para-hydroxylation sites is 2. The Morgan fingerprint density at radius 2 is 1.67 bits per heavy atom. The van der Waals surface area contributed by atoms with Gasteiger partial charge >= 0.3 is 0 Å². The molecule has 0 bridgehead atoms. The summed E-state index contributed by atoms with van der Waals surface area (Å²) in [6, 6.07) is 14.0. The predicted molar refractivity (Wildman–Crippen MR) is 79.4 cm³/mol. The Kier molecular flexibility index (Phi) is 3.55. The van der Waals surface area contributed by atoms with Gasteiger partial charge in [-0.3, -0.25) is 10.0 Å². The van der Waals surface area contributed by atoms with Crippen LogP contribution in [0.4, 0.5) is 11.4 Å². The van der Waals surface area contributed by atoms with E-state index in [-0.39, 0.29) is 6.54 Å². The summed E-state index contributed by atoms with van der Waals surface area (Å²) in [7, 11) is 0. The zero-order chi connectivity index (χ0) is 15.0. The number of benzene rings is 2. The Morgan fingerprint density at radius 1 is 1.05 bits per heavy atom. The van der Waals surface area contributed by atoms with E-state index in [0.29, 0.717) is 21.5 Å². The molecule has 108 valence electrons. The fourth-order valence-electron chi connectivity index (χ4n) is 2.34. The molecule has 0 saturated carbocycles. The molecular formula is C15H13ClN2O3. The van der Waals surface area contributed by atoms with Crippen LogP contribution in [-0.4, -0.2) is 22.4 Å². The van der Waals surface area contributed by atoms with Gasteiger partial charge < -0.3 is 10.0 Å². The van der Waals surface area contributed by atoms with Crippen molar-refractivity contribution < 1.29 is 15.1 Å². The molecule has 0 aliphatic carbocycles. The third kappa shape index (κ3) is 2.35. The normalized spacial score (nSPS) is 17.9. The van der Waals surface area contributed by atoms with Crippen molar-refractivity contribution in [2.45, 2.75) is 12.8 Å². The first-order chi connectivity index (χ1) is 10.1. The molecular weight excluding hydrogens is 292 g/mol. The summed E-state index contributed by atoms with van der Waals surface area (Å²) in [4.78, 5) is 13.7.